The molecular formula is C13H18BrFN2O. The van der Waals surface area contributed by atoms with E-state index in [4.69, 9.17) is 0 Å². The monoisotopic (exact) mass is 316 g/mol. The topological polar surface area (TPSA) is 35.5 Å². The molecule has 5 heteroatoms. The van der Waals surface area contributed by atoms with Crippen LogP contribution < -0.4 is 5.32 Å². The van der Waals surface area contributed by atoms with Gasteiger partial charge in [-0.2, -0.15) is 0 Å². The molecule has 0 aliphatic carbocycles. The van der Waals surface area contributed by atoms with Gasteiger partial charge in [-0.25, -0.2) is 0 Å². The van der Waals surface area contributed by atoms with Gasteiger partial charge in [0.25, 0.3) is 0 Å². The Morgan fingerprint density at radius 2 is 2.11 bits per heavy atom. The Morgan fingerprint density at radius 3 is 2.72 bits per heavy atom. The van der Waals surface area contributed by atoms with Crippen molar-refractivity contribution in [3.8, 4) is 5.75 Å². The second kappa shape index (κ2) is 6.50. The molecule has 0 unspecified atom stereocenters. The van der Waals surface area contributed by atoms with Crippen LogP contribution in [0.15, 0.2) is 22.7 Å². The molecule has 0 amide bonds. The molecule has 0 bridgehead atoms. The van der Waals surface area contributed by atoms with Crippen molar-refractivity contribution in [3.05, 3.63) is 28.2 Å². The van der Waals surface area contributed by atoms with Crippen LogP contribution in [-0.2, 0) is 0 Å². The number of piperazine rings is 1. The van der Waals surface area contributed by atoms with Gasteiger partial charge in [-0.15, -0.1) is 0 Å². The fourth-order valence-corrected chi connectivity index (χ4v) is 2.78. The molecule has 1 heterocycles. The van der Waals surface area contributed by atoms with Gasteiger partial charge in [-0.3, -0.25) is 9.29 Å². The summed E-state index contributed by atoms with van der Waals surface area (Å²) in [6, 6.07) is 5.52. The SMILES string of the molecule is Oc1ccc([C@@H](CCF)N2CCNCC2)cc1Br. The highest BCUT2D eigenvalue weighted by Crippen LogP contribution is 2.31. The summed E-state index contributed by atoms with van der Waals surface area (Å²) in [5, 5.41) is 12.8. The molecule has 1 aromatic rings. The summed E-state index contributed by atoms with van der Waals surface area (Å²) in [5.41, 5.74) is 1.05. The molecule has 2 N–H and O–H groups in total. The largest absolute Gasteiger partial charge is 0.507 e. The molecule has 0 aromatic heterocycles. The summed E-state index contributed by atoms with van der Waals surface area (Å²) in [6.07, 6.45) is 0.497. The lowest BCUT2D eigenvalue weighted by atomic mass is 10.0. The minimum absolute atomic E-state index is 0.0917. The van der Waals surface area contributed by atoms with Crippen molar-refractivity contribution in [2.24, 2.45) is 0 Å². The van der Waals surface area contributed by atoms with Crippen molar-refractivity contribution in [2.75, 3.05) is 32.9 Å². The molecule has 0 spiro atoms. The van der Waals surface area contributed by atoms with E-state index in [1.165, 1.54) is 0 Å². The van der Waals surface area contributed by atoms with E-state index >= 15 is 0 Å². The number of halogens is 2. The Labute approximate surface area is 115 Å². The maximum Gasteiger partial charge on any atom is 0.129 e. The molecule has 100 valence electrons. The van der Waals surface area contributed by atoms with Crippen molar-refractivity contribution in [2.45, 2.75) is 12.5 Å². The number of aromatic hydroxyl groups is 1. The van der Waals surface area contributed by atoms with E-state index < -0.39 is 0 Å². The number of phenolic OH excluding ortho intramolecular Hbond substituents is 1. The summed E-state index contributed by atoms with van der Waals surface area (Å²) in [7, 11) is 0. The molecule has 3 nitrogen and oxygen atoms in total. The van der Waals surface area contributed by atoms with E-state index in [0.29, 0.717) is 10.9 Å². The normalized spacial score (nSPS) is 18.8. The zero-order chi connectivity index (χ0) is 13.0. The van der Waals surface area contributed by atoms with Crippen LogP contribution in [0.2, 0.25) is 0 Å². The van der Waals surface area contributed by atoms with Crippen molar-refractivity contribution < 1.29 is 9.50 Å². The molecule has 1 saturated heterocycles. The second-order valence-electron chi connectivity index (χ2n) is 4.49. The van der Waals surface area contributed by atoms with Gasteiger partial charge in [-0.1, -0.05) is 6.07 Å². The maximum absolute atomic E-state index is 12.8. The van der Waals surface area contributed by atoms with Crippen LogP contribution in [-0.4, -0.2) is 42.9 Å². The fraction of sp³-hybridized carbons (Fsp3) is 0.538. The minimum Gasteiger partial charge on any atom is -0.507 e. The van der Waals surface area contributed by atoms with E-state index in [9.17, 15) is 9.50 Å². The van der Waals surface area contributed by atoms with E-state index in [-0.39, 0.29) is 18.5 Å². The van der Waals surface area contributed by atoms with Crippen LogP contribution in [0.5, 0.6) is 5.75 Å². The smallest absolute Gasteiger partial charge is 0.129 e. The number of hydrogen-bond acceptors (Lipinski definition) is 3. The molecule has 18 heavy (non-hydrogen) atoms. The zero-order valence-corrected chi connectivity index (χ0v) is 11.8. The highest BCUT2D eigenvalue weighted by Gasteiger charge is 2.22. The lowest BCUT2D eigenvalue weighted by molar-refractivity contribution is 0.157. The van der Waals surface area contributed by atoms with Crippen molar-refractivity contribution in [1.82, 2.24) is 10.2 Å². The first kappa shape index (κ1) is 13.8. The van der Waals surface area contributed by atoms with Crippen LogP contribution in [0.1, 0.15) is 18.0 Å². The molecular weight excluding hydrogens is 299 g/mol. The average molecular weight is 317 g/mol. The highest BCUT2D eigenvalue weighted by atomic mass is 79.9. The first-order valence-corrected chi connectivity index (χ1v) is 7.01. The summed E-state index contributed by atoms with van der Waals surface area (Å²) < 4.78 is 13.4. The van der Waals surface area contributed by atoms with Gasteiger partial charge in [0.15, 0.2) is 0 Å². The van der Waals surface area contributed by atoms with Crippen molar-refractivity contribution in [3.63, 3.8) is 0 Å². The number of alkyl halides is 1. The third-order valence-corrected chi connectivity index (χ3v) is 3.97. The Bertz CT molecular complexity index is 397. The van der Waals surface area contributed by atoms with E-state index in [1.807, 2.05) is 12.1 Å². The number of nitrogens with one attached hydrogen (secondary N) is 1. The lowest BCUT2D eigenvalue weighted by Crippen LogP contribution is -2.45. The molecule has 0 saturated carbocycles. The van der Waals surface area contributed by atoms with Crippen LogP contribution in [0, 0.1) is 0 Å². The third kappa shape index (κ3) is 3.22. The molecule has 1 aliphatic heterocycles. The number of hydrogen-bond donors (Lipinski definition) is 2. The van der Waals surface area contributed by atoms with Crippen LogP contribution in [0.3, 0.4) is 0 Å². The van der Waals surface area contributed by atoms with Gasteiger partial charge in [0, 0.05) is 32.2 Å². The molecule has 1 aliphatic rings. The molecule has 0 radical (unpaired) electrons. The number of rotatable bonds is 4. The zero-order valence-electron chi connectivity index (χ0n) is 10.2. The van der Waals surface area contributed by atoms with Gasteiger partial charge in [0.1, 0.15) is 5.75 Å². The van der Waals surface area contributed by atoms with Crippen LogP contribution in [0.25, 0.3) is 0 Å². The minimum atomic E-state index is -0.326. The van der Waals surface area contributed by atoms with Crippen LogP contribution >= 0.6 is 15.9 Å². The summed E-state index contributed by atoms with van der Waals surface area (Å²) in [6.45, 7) is 3.43. The Kier molecular flexibility index (Phi) is 4.97. The molecule has 1 aromatic carbocycles. The Balaban J connectivity index is 2.19. The van der Waals surface area contributed by atoms with Gasteiger partial charge >= 0.3 is 0 Å². The fourth-order valence-electron chi connectivity index (χ4n) is 2.39. The number of benzene rings is 1. The predicted molar refractivity (Wildman–Crippen MR) is 73.6 cm³/mol. The second-order valence-corrected chi connectivity index (χ2v) is 5.34. The maximum atomic E-state index is 12.8. The van der Waals surface area contributed by atoms with E-state index in [0.717, 1.165) is 31.7 Å². The van der Waals surface area contributed by atoms with E-state index in [1.54, 1.807) is 6.07 Å². The first-order valence-electron chi connectivity index (χ1n) is 6.21. The Morgan fingerprint density at radius 1 is 1.39 bits per heavy atom. The summed E-state index contributed by atoms with van der Waals surface area (Å²) in [4.78, 5) is 2.30. The quantitative estimate of drug-likeness (QED) is 0.895. The average Bonchev–Trinajstić information content (AvgIpc) is 2.40. The van der Waals surface area contributed by atoms with Gasteiger partial charge < -0.3 is 10.4 Å². The van der Waals surface area contributed by atoms with Crippen molar-refractivity contribution in [1.29, 1.82) is 0 Å². The first-order chi connectivity index (χ1) is 8.72. The molecule has 2 rings (SSSR count). The van der Waals surface area contributed by atoms with E-state index in [2.05, 4.69) is 26.1 Å². The summed E-state index contributed by atoms with van der Waals surface area (Å²) in [5.74, 6) is 0.220. The summed E-state index contributed by atoms with van der Waals surface area (Å²) >= 11 is 3.31. The van der Waals surface area contributed by atoms with Gasteiger partial charge in [-0.05, 0) is 40.0 Å². The standard InChI is InChI=1S/C13H18BrFN2O/c14-11-9-10(1-2-13(11)18)12(3-4-15)17-7-5-16-6-8-17/h1-2,9,12,16,18H,3-8H2/t12-/m1/s1. The third-order valence-electron chi connectivity index (χ3n) is 3.33. The predicted octanol–water partition coefficient (Wildman–Crippen LogP) is 2.46. The number of phenols is 1. The van der Waals surface area contributed by atoms with Crippen LogP contribution in [0.4, 0.5) is 4.39 Å². The van der Waals surface area contributed by atoms with Gasteiger partial charge in [0.05, 0.1) is 11.1 Å². The Hall–Kier alpha value is -0.650. The number of nitrogens with zero attached hydrogens (tertiary/aromatic N) is 1. The lowest BCUT2D eigenvalue weighted by Gasteiger charge is -2.35. The van der Waals surface area contributed by atoms with Crippen molar-refractivity contribution >= 4 is 15.9 Å². The molecule has 1 fully saturated rings. The molecule has 1 atom stereocenters. The van der Waals surface area contributed by atoms with Gasteiger partial charge in [0.2, 0.25) is 0 Å². The highest BCUT2D eigenvalue weighted by molar-refractivity contribution is 9.10.